The fraction of sp³-hybridized carbons (Fsp3) is 0.455. The van der Waals surface area contributed by atoms with Gasteiger partial charge in [-0.1, -0.05) is 36.4 Å². The Labute approximate surface area is 150 Å². The molecule has 0 aromatic heterocycles. The van der Waals surface area contributed by atoms with Crippen molar-refractivity contribution in [2.24, 2.45) is 0 Å². The van der Waals surface area contributed by atoms with Crippen LogP contribution < -0.4 is 9.47 Å². The maximum atomic E-state index is 5.70. The van der Waals surface area contributed by atoms with Crippen LogP contribution in [0.5, 0.6) is 11.5 Å². The molecule has 0 unspecified atom stereocenters. The minimum absolute atomic E-state index is 0.612. The molecule has 0 bridgehead atoms. The topological polar surface area (TPSA) is 21.7 Å². The minimum atomic E-state index is 0.612. The molecule has 0 N–H and O–H groups in total. The highest BCUT2D eigenvalue weighted by Crippen LogP contribution is 2.46. The van der Waals surface area contributed by atoms with Gasteiger partial charge in [-0.25, -0.2) is 0 Å². The SMILES string of the molecule is COc1ccc2c(c1OC)CC[C@@H]1[C@@H]2CCCN1Cc1ccccc1. The highest BCUT2D eigenvalue weighted by molar-refractivity contribution is 5.53. The van der Waals surface area contributed by atoms with Gasteiger partial charge in [0.25, 0.3) is 0 Å². The predicted molar refractivity (Wildman–Crippen MR) is 100 cm³/mol. The summed E-state index contributed by atoms with van der Waals surface area (Å²) in [5, 5.41) is 0. The molecule has 3 nitrogen and oxygen atoms in total. The van der Waals surface area contributed by atoms with Gasteiger partial charge in [-0.3, -0.25) is 4.90 Å². The molecule has 0 spiro atoms. The first kappa shape index (κ1) is 16.5. The number of fused-ring (bicyclic) bond motifs is 3. The van der Waals surface area contributed by atoms with Crippen LogP contribution in [0.4, 0.5) is 0 Å². The average Bonchev–Trinajstić information content (AvgIpc) is 2.67. The number of rotatable bonds is 4. The second kappa shape index (κ2) is 7.09. The number of ether oxygens (including phenoxy) is 2. The summed E-state index contributed by atoms with van der Waals surface area (Å²) in [6.45, 7) is 2.27. The first-order chi connectivity index (χ1) is 12.3. The molecule has 2 atom stereocenters. The highest BCUT2D eigenvalue weighted by Gasteiger charge is 2.37. The Morgan fingerprint density at radius 2 is 1.84 bits per heavy atom. The number of methoxy groups -OCH3 is 2. The molecule has 3 heteroatoms. The van der Waals surface area contributed by atoms with Gasteiger partial charge in [-0.2, -0.15) is 0 Å². The lowest BCUT2D eigenvalue weighted by Crippen LogP contribution is -2.45. The molecule has 1 aliphatic carbocycles. The average molecular weight is 337 g/mol. The van der Waals surface area contributed by atoms with Gasteiger partial charge in [-0.15, -0.1) is 0 Å². The van der Waals surface area contributed by atoms with E-state index in [1.54, 1.807) is 14.2 Å². The molecule has 2 aliphatic rings. The molecule has 0 amide bonds. The Balaban J connectivity index is 1.63. The summed E-state index contributed by atoms with van der Waals surface area (Å²) in [5.41, 5.74) is 4.26. The van der Waals surface area contributed by atoms with Crippen LogP contribution in [0.15, 0.2) is 42.5 Å². The lowest BCUT2D eigenvalue weighted by Gasteiger charge is -2.45. The first-order valence-electron chi connectivity index (χ1n) is 9.33. The van der Waals surface area contributed by atoms with E-state index in [0.29, 0.717) is 12.0 Å². The summed E-state index contributed by atoms with van der Waals surface area (Å²) >= 11 is 0. The molecular weight excluding hydrogens is 310 g/mol. The van der Waals surface area contributed by atoms with Crippen LogP contribution in [0.25, 0.3) is 0 Å². The van der Waals surface area contributed by atoms with E-state index in [1.807, 2.05) is 0 Å². The van der Waals surface area contributed by atoms with Crippen molar-refractivity contribution in [1.82, 2.24) is 4.90 Å². The molecule has 1 aliphatic heterocycles. The first-order valence-corrected chi connectivity index (χ1v) is 9.33. The number of likely N-dealkylation sites (tertiary alicyclic amines) is 1. The third-order valence-corrected chi connectivity index (χ3v) is 5.90. The van der Waals surface area contributed by atoms with Crippen molar-refractivity contribution >= 4 is 0 Å². The summed E-state index contributed by atoms with van der Waals surface area (Å²) in [6.07, 6.45) is 4.82. The fourth-order valence-corrected chi connectivity index (χ4v) is 4.79. The monoisotopic (exact) mass is 337 g/mol. The minimum Gasteiger partial charge on any atom is -0.493 e. The normalized spacial score (nSPS) is 22.8. The fourth-order valence-electron chi connectivity index (χ4n) is 4.79. The number of hydrogen-bond acceptors (Lipinski definition) is 3. The number of benzene rings is 2. The highest BCUT2D eigenvalue weighted by atomic mass is 16.5. The molecule has 0 radical (unpaired) electrons. The smallest absolute Gasteiger partial charge is 0.164 e. The van der Waals surface area contributed by atoms with Crippen molar-refractivity contribution in [2.45, 2.75) is 44.2 Å². The van der Waals surface area contributed by atoms with Crippen LogP contribution in [0.3, 0.4) is 0 Å². The van der Waals surface area contributed by atoms with Crippen LogP contribution in [0, 0.1) is 0 Å². The molecule has 4 rings (SSSR count). The number of hydrogen-bond donors (Lipinski definition) is 0. The van der Waals surface area contributed by atoms with Gasteiger partial charge in [0.1, 0.15) is 0 Å². The molecule has 2 aromatic carbocycles. The number of nitrogens with zero attached hydrogens (tertiary/aromatic N) is 1. The Bertz CT molecular complexity index is 728. The lowest BCUT2D eigenvalue weighted by molar-refractivity contribution is 0.104. The Kier molecular flexibility index (Phi) is 4.67. The standard InChI is InChI=1S/C22H27NO2/c1-24-21-13-11-17-18-9-6-14-23(15-16-7-4-3-5-8-16)20(18)12-10-19(17)22(21)25-2/h3-5,7-8,11,13,18,20H,6,9-10,12,14-15H2,1-2H3/t18-,20-/m1/s1. The third-order valence-electron chi connectivity index (χ3n) is 5.90. The molecule has 1 saturated heterocycles. The van der Waals surface area contributed by atoms with Crippen LogP contribution in [0.1, 0.15) is 41.9 Å². The van der Waals surface area contributed by atoms with Crippen molar-refractivity contribution in [1.29, 1.82) is 0 Å². The van der Waals surface area contributed by atoms with Gasteiger partial charge in [0.15, 0.2) is 11.5 Å². The van der Waals surface area contributed by atoms with Crippen molar-refractivity contribution in [3.05, 3.63) is 59.2 Å². The van der Waals surface area contributed by atoms with E-state index >= 15 is 0 Å². The zero-order valence-electron chi connectivity index (χ0n) is 15.2. The Morgan fingerprint density at radius 1 is 1.00 bits per heavy atom. The van der Waals surface area contributed by atoms with E-state index in [1.165, 1.54) is 42.5 Å². The molecule has 0 saturated carbocycles. The Morgan fingerprint density at radius 3 is 2.60 bits per heavy atom. The van der Waals surface area contributed by atoms with Crippen molar-refractivity contribution in [3.8, 4) is 11.5 Å². The summed E-state index contributed by atoms with van der Waals surface area (Å²) in [7, 11) is 3.48. The van der Waals surface area contributed by atoms with Gasteiger partial charge in [0, 0.05) is 18.2 Å². The van der Waals surface area contributed by atoms with Gasteiger partial charge >= 0.3 is 0 Å². The van der Waals surface area contributed by atoms with E-state index in [2.05, 4.69) is 47.4 Å². The van der Waals surface area contributed by atoms with Gasteiger partial charge in [0.2, 0.25) is 0 Å². The lowest BCUT2D eigenvalue weighted by atomic mass is 9.74. The zero-order valence-corrected chi connectivity index (χ0v) is 15.2. The molecule has 1 heterocycles. The second-order valence-electron chi connectivity index (χ2n) is 7.18. The van der Waals surface area contributed by atoms with Gasteiger partial charge in [-0.05, 0) is 55.3 Å². The summed E-state index contributed by atoms with van der Waals surface area (Å²) in [4.78, 5) is 2.70. The van der Waals surface area contributed by atoms with Gasteiger partial charge in [0.05, 0.1) is 14.2 Å². The van der Waals surface area contributed by atoms with Crippen LogP contribution in [-0.2, 0) is 13.0 Å². The molecule has 25 heavy (non-hydrogen) atoms. The molecular formula is C22H27NO2. The predicted octanol–water partition coefficient (Wildman–Crippen LogP) is 4.40. The van der Waals surface area contributed by atoms with Crippen molar-refractivity contribution in [2.75, 3.05) is 20.8 Å². The quantitative estimate of drug-likeness (QED) is 0.825. The zero-order chi connectivity index (χ0) is 17.2. The number of piperidine rings is 1. The van der Waals surface area contributed by atoms with Crippen molar-refractivity contribution in [3.63, 3.8) is 0 Å². The summed E-state index contributed by atoms with van der Waals surface area (Å²) < 4.78 is 11.2. The molecule has 132 valence electrons. The van der Waals surface area contributed by atoms with Crippen LogP contribution in [-0.4, -0.2) is 31.7 Å². The van der Waals surface area contributed by atoms with E-state index in [0.717, 1.165) is 24.5 Å². The third kappa shape index (κ3) is 3.02. The van der Waals surface area contributed by atoms with Crippen LogP contribution >= 0.6 is 0 Å². The maximum absolute atomic E-state index is 5.70. The van der Waals surface area contributed by atoms with E-state index in [9.17, 15) is 0 Å². The Hall–Kier alpha value is -2.00. The second-order valence-corrected chi connectivity index (χ2v) is 7.18. The largest absolute Gasteiger partial charge is 0.493 e. The summed E-state index contributed by atoms with van der Waals surface area (Å²) in [5.74, 6) is 2.41. The molecule has 1 fully saturated rings. The van der Waals surface area contributed by atoms with E-state index < -0.39 is 0 Å². The summed E-state index contributed by atoms with van der Waals surface area (Å²) in [6, 6.07) is 15.9. The van der Waals surface area contributed by atoms with E-state index in [-0.39, 0.29) is 0 Å². The van der Waals surface area contributed by atoms with Crippen LogP contribution in [0.2, 0.25) is 0 Å². The maximum Gasteiger partial charge on any atom is 0.164 e. The van der Waals surface area contributed by atoms with E-state index in [4.69, 9.17) is 9.47 Å². The van der Waals surface area contributed by atoms with Crippen molar-refractivity contribution < 1.29 is 9.47 Å². The molecule has 2 aromatic rings. The van der Waals surface area contributed by atoms with Gasteiger partial charge < -0.3 is 9.47 Å².